The van der Waals surface area contributed by atoms with E-state index >= 15 is 0 Å². The van der Waals surface area contributed by atoms with Crippen molar-refractivity contribution < 1.29 is 32.3 Å². The summed E-state index contributed by atoms with van der Waals surface area (Å²) in [4.78, 5) is 48.0. The van der Waals surface area contributed by atoms with Gasteiger partial charge in [-0.2, -0.15) is 0 Å². The Bertz CT molecular complexity index is 1600. The maximum absolute atomic E-state index is 14.4. The van der Waals surface area contributed by atoms with Crippen molar-refractivity contribution in [1.29, 1.82) is 0 Å². The zero-order chi connectivity index (χ0) is 34.5. The van der Waals surface area contributed by atoms with Crippen LogP contribution in [0.15, 0.2) is 65.7 Å². The Balaban J connectivity index is 1.45. The third-order valence-corrected chi connectivity index (χ3v) is 11.2. The van der Waals surface area contributed by atoms with E-state index < -0.39 is 50.8 Å². The van der Waals surface area contributed by atoms with Gasteiger partial charge in [0.1, 0.15) is 29.5 Å². The van der Waals surface area contributed by atoms with E-state index in [4.69, 9.17) is 9.47 Å². The monoisotopic (exact) mass is 681 g/mol. The van der Waals surface area contributed by atoms with Crippen molar-refractivity contribution in [1.82, 2.24) is 14.9 Å². The third-order valence-electron chi connectivity index (χ3n) is 9.38. The number of aliphatic imine (C=N–C) groups is 1. The molecule has 4 aliphatic rings. The highest BCUT2D eigenvalue weighted by atomic mass is 32.2. The second kappa shape index (κ2) is 15.0. The summed E-state index contributed by atoms with van der Waals surface area (Å²) in [6.45, 7) is 5.98. The van der Waals surface area contributed by atoms with Crippen LogP contribution in [0.3, 0.4) is 0 Å². The minimum atomic E-state index is -3.84. The lowest BCUT2D eigenvalue weighted by molar-refractivity contribution is -0.140. The Morgan fingerprint density at radius 2 is 1.98 bits per heavy atom. The summed E-state index contributed by atoms with van der Waals surface area (Å²) >= 11 is 0. The minimum absolute atomic E-state index is 0.105. The van der Waals surface area contributed by atoms with Gasteiger partial charge in [-0.05, 0) is 57.6 Å². The standard InChI is InChI=1S/C35H47N5O7S/c1-5-12-23(2)32(36-3)47-27-20-30-31(41)38-35(34(43)39-48(44,45)28-17-18-28)21-24(35)13-9-7-6-8-10-16-29(33(42)40(30)22-27)37-25-14-11-15-26(19-25)46-4/h5,9,11-15,19,24,27-30,37H,2,6-8,10,16-18,20-22H2,1,3-4H3,(H,38,41)(H,39,43)/b12-5-,13-9-,36-32?/t24-,27-,29+,30+,35-/m1/s1. The molecule has 0 spiro atoms. The topological polar surface area (TPSA) is 155 Å². The number of fused-ring (bicyclic) bond motifs is 2. The SMILES string of the molecule is C=C(/C=C\C)C(=NC)O[C@@H]1C[C@H]2C(=O)N[C@]3(C(=O)NS(=O)(=O)C4CC4)C[C@H]3/C=C\CCCCC[C@H](Nc3cccc(OC)c3)C(=O)N2C1. The van der Waals surface area contributed by atoms with E-state index in [1.165, 1.54) is 4.90 Å². The van der Waals surface area contributed by atoms with Crippen LogP contribution in [-0.2, 0) is 29.1 Å². The molecule has 0 unspecified atom stereocenters. The Kier molecular flexibility index (Phi) is 11.0. The number of benzene rings is 1. The van der Waals surface area contributed by atoms with Crippen LogP contribution in [0.25, 0.3) is 0 Å². The van der Waals surface area contributed by atoms with Gasteiger partial charge in [0.15, 0.2) is 0 Å². The molecule has 0 bridgehead atoms. The maximum Gasteiger partial charge on any atom is 0.259 e. The lowest BCUT2D eigenvalue weighted by Gasteiger charge is -2.30. The van der Waals surface area contributed by atoms with Gasteiger partial charge in [-0.3, -0.25) is 24.1 Å². The number of hydrogen-bond donors (Lipinski definition) is 3. The average molecular weight is 682 g/mol. The van der Waals surface area contributed by atoms with Crippen LogP contribution in [0.2, 0.25) is 0 Å². The summed E-state index contributed by atoms with van der Waals surface area (Å²) in [5, 5.41) is 5.69. The fourth-order valence-electron chi connectivity index (χ4n) is 6.46. The molecule has 12 nitrogen and oxygen atoms in total. The molecule has 1 saturated heterocycles. The number of carbonyl (C=O) groups excluding carboxylic acids is 3. The van der Waals surface area contributed by atoms with Gasteiger partial charge in [0.25, 0.3) is 5.91 Å². The molecule has 0 radical (unpaired) electrons. The molecule has 2 saturated carbocycles. The van der Waals surface area contributed by atoms with Crippen molar-refractivity contribution in [3.63, 3.8) is 0 Å². The van der Waals surface area contributed by atoms with E-state index in [1.54, 1.807) is 20.2 Å². The number of amides is 3. The van der Waals surface area contributed by atoms with Crippen molar-refractivity contribution in [2.45, 2.75) is 93.7 Å². The molecule has 13 heteroatoms. The number of sulfonamides is 1. The van der Waals surface area contributed by atoms with Crippen molar-refractivity contribution in [2.24, 2.45) is 10.9 Å². The van der Waals surface area contributed by atoms with Gasteiger partial charge in [-0.15, -0.1) is 0 Å². The van der Waals surface area contributed by atoms with Crippen LogP contribution < -0.4 is 20.1 Å². The molecule has 48 heavy (non-hydrogen) atoms. The van der Waals surface area contributed by atoms with Crippen LogP contribution in [-0.4, -0.2) is 86.6 Å². The van der Waals surface area contributed by atoms with Gasteiger partial charge in [0, 0.05) is 36.7 Å². The molecule has 260 valence electrons. The molecule has 5 atom stereocenters. The predicted molar refractivity (Wildman–Crippen MR) is 184 cm³/mol. The summed E-state index contributed by atoms with van der Waals surface area (Å²) in [5.41, 5.74) is -0.173. The van der Waals surface area contributed by atoms with Gasteiger partial charge in [-0.25, -0.2) is 8.42 Å². The van der Waals surface area contributed by atoms with Crippen molar-refractivity contribution >= 4 is 39.3 Å². The second-order valence-corrected chi connectivity index (χ2v) is 14.9. The molecule has 0 aromatic heterocycles. The second-order valence-electron chi connectivity index (χ2n) is 13.0. The summed E-state index contributed by atoms with van der Waals surface area (Å²) in [5.74, 6) is -0.992. The summed E-state index contributed by atoms with van der Waals surface area (Å²) in [6.07, 6.45) is 12.1. The lowest BCUT2D eigenvalue weighted by atomic mass is 10.0. The number of rotatable bonds is 9. The largest absolute Gasteiger partial charge is 0.497 e. The number of nitrogens with zero attached hydrogens (tertiary/aromatic N) is 2. The van der Waals surface area contributed by atoms with E-state index in [0.29, 0.717) is 42.2 Å². The van der Waals surface area contributed by atoms with E-state index in [2.05, 4.69) is 26.9 Å². The number of nitrogens with one attached hydrogen (secondary N) is 3. The maximum atomic E-state index is 14.4. The molecule has 1 aromatic rings. The minimum Gasteiger partial charge on any atom is -0.497 e. The number of methoxy groups -OCH3 is 1. The van der Waals surface area contributed by atoms with Crippen LogP contribution >= 0.6 is 0 Å². The number of anilines is 1. The molecular formula is C35H47N5O7S. The first-order chi connectivity index (χ1) is 23.0. The molecule has 3 amide bonds. The normalized spacial score (nSPS) is 29.1. The lowest BCUT2D eigenvalue weighted by Crippen LogP contribution is -2.57. The first-order valence-electron chi connectivity index (χ1n) is 16.7. The van der Waals surface area contributed by atoms with Gasteiger partial charge in [0.05, 0.1) is 18.9 Å². The fraction of sp³-hybridized carbons (Fsp3) is 0.543. The predicted octanol–water partition coefficient (Wildman–Crippen LogP) is 3.63. The van der Waals surface area contributed by atoms with Gasteiger partial charge in [0.2, 0.25) is 27.7 Å². The van der Waals surface area contributed by atoms with E-state index in [-0.39, 0.29) is 31.2 Å². The molecule has 3 N–H and O–H groups in total. The van der Waals surface area contributed by atoms with Crippen LogP contribution in [0.4, 0.5) is 5.69 Å². The van der Waals surface area contributed by atoms with Gasteiger partial charge >= 0.3 is 0 Å². The molecule has 2 aliphatic carbocycles. The Labute approximate surface area is 283 Å². The summed E-state index contributed by atoms with van der Waals surface area (Å²) in [7, 11) is -0.677. The third kappa shape index (κ3) is 8.11. The highest BCUT2D eigenvalue weighted by molar-refractivity contribution is 7.91. The summed E-state index contributed by atoms with van der Waals surface area (Å²) in [6, 6.07) is 5.70. The molecular weight excluding hydrogens is 634 g/mol. The Hall–Kier alpha value is -4.13. The highest BCUT2D eigenvalue weighted by Crippen LogP contribution is 2.46. The summed E-state index contributed by atoms with van der Waals surface area (Å²) < 4.78 is 39.3. The fourth-order valence-corrected chi connectivity index (χ4v) is 7.83. The van der Waals surface area contributed by atoms with Crippen LogP contribution in [0, 0.1) is 5.92 Å². The van der Waals surface area contributed by atoms with Gasteiger partial charge in [-0.1, -0.05) is 49.8 Å². The van der Waals surface area contributed by atoms with Crippen LogP contribution in [0.1, 0.15) is 64.7 Å². The van der Waals surface area contributed by atoms with Crippen molar-refractivity contribution in [2.75, 3.05) is 26.0 Å². The smallest absolute Gasteiger partial charge is 0.259 e. The zero-order valence-corrected chi connectivity index (χ0v) is 28.8. The molecule has 1 aromatic carbocycles. The van der Waals surface area contributed by atoms with E-state index in [1.807, 2.05) is 49.4 Å². The zero-order valence-electron chi connectivity index (χ0n) is 27.9. The first kappa shape index (κ1) is 35.2. The number of ether oxygens (including phenoxy) is 2. The number of hydrogen-bond acceptors (Lipinski definition) is 9. The molecule has 2 aliphatic heterocycles. The molecule has 2 heterocycles. The Morgan fingerprint density at radius 3 is 2.69 bits per heavy atom. The molecule has 3 fully saturated rings. The van der Waals surface area contributed by atoms with E-state index in [0.717, 1.165) is 25.7 Å². The van der Waals surface area contributed by atoms with Crippen molar-refractivity contribution in [3.8, 4) is 5.75 Å². The van der Waals surface area contributed by atoms with Crippen molar-refractivity contribution in [3.05, 3.63) is 60.7 Å². The molecule has 5 rings (SSSR count). The highest BCUT2D eigenvalue weighted by Gasteiger charge is 2.62. The average Bonchev–Trinajstić information content (AvgIpc) is 3.99. The number of carbonyl (C=O) groups is 3. The van der Waals surface area contributed by atoms with E-state index in [9.17, 15) is 22.8 Å². The number of allylic oxidation sites excluding steroid dienone is 2. The quantitative estimate of drug-likeness (QED) is 0.155. The first-order valence-corrected chi connectivity index (χ1v) is 18.3. The Morgan fingerprint density at radius 1 is 1.19 bits per heavy atom. The van der Waals surface area contributed by atoms with Crippen LogP contribution in [0.5, 0.6) is 5.75 Å². The van der Waals surface area contributed by atoms with Gasteiger partial charge < -0.3 is 25.0 Å².